The van der Waals surface area contributed by atoms with Gasteiger partial charge in [0, 0.05) is 36.7 Å². The molecule has 38 heavy (non-hydrogen) atoms. The van der Waals surface area contributed by atoms with Crippen LogP contribution in [0, 0.1) is 5.82 Å². The standard InChI is InChI=1S/C27H22FN5O5/c1-15(34)20-5-3-2-4-17(20)12-30-27(37)23-10-22(32-25-21(28)13-31-33(23)25)26(36)29-11-16-6-7-24-18(8-16)9-19(35)14-38-24/h2-8,10,13H,9,11-12,14H2,1H3,(H,29,36)(H,30,37). The topological polar surface area (TPSA) is 132 Å². The number of carbonyl (C=O) groups excluding carboxylic acids is 4. The first kappa shape index (κ1) is 24.8. The summed E-state index contributed by atoms with van der Waals surface area (Å²) in [6, 6.07) is 13.3. The Kier molecular flexibility index (Phi) is 6.65. The fourth-order valence-corrected chi connectivity index (χ4v) is 4.21. The van der Waals surface area contributed by atoms with E-state index in [1.54, 1.807) is 42.5 Å². The molecule has 5 rings (SSSR count). The summed E-state index contributed by atoms with van der Waals surface area (Å²) in [5, 5.41) is 9.27. The van der Waals surface area contributed by atoms with Crippen molar-refractivity contribution in [2.45, 2.75) is 26.4 Å². The third-order valence-electron chi connectivity index (χ3n) is 6.08. The number of benzene rings is 2. The van der Waals surface area contributed by atoms with Crippen LogP contribution in [0.3, 0.4) is 0 Å². The van der Waals surface area contributed by atoms with Crippen molar-refractivity contribution >= 4 is 29.0 Å². The normalized spacial score (nSPS) is 12.5. The van der Waals surface area contributed by atoms with Crippen molar-refractivity contribution < 1.29 is 28.3 Å². The summed E-state index contributed by atoms with van der Waals surface area (Å²) in [5.74, 6) is -1.61. The Morgan fingerprint density at radius 2 is 1.84 bits per heavy atom. The molecule has 0 unspecified atom stereocenters. The van der Waals surface area contributed by atoms with E-state index >= 15 is 0 Å². The molecule has 0 fully saturated rings. The van der Waals surface area contributed by atoms with E-state index in [-0.39, 0.29) is 54.7 Å². The molecule has 0 radical (unpaired) electrons. The lowest BCUT2D eigenvalue weighted by Gasteiger charge is -2.17. The fraction of sp³-hybridized carbons (Fsp3) is 0.185. The second-order valence-electron chi connectivity index (χ2n) is 8.78. The Hall–Kier alpha value is -4.93. The average molecular weight is 516 g/mol. The van der Waals surface area contributed by atoms with Gasteiger partial charge in [-0.15, -0.1) is 0 Å². The summed E-state index contributed by atoms with van der Waals surface area (Å²) in [6.45, 7) is 1.62. The Morgan fingerprint density at radius 3 is 2.66 bits per heavy atom. The molecular weight excluding hydrogens is 493 g/mol. The minimum Gasteiger partial charge on any atom is -0.486 e. The molecule has 192 valence electrons. The second kappa shape index (κ2) is 10.2. The molecule has 0 spiro atoms. The van der Waals surface area contributed by atoms with Crippen LogP contribution in [0.1, 0.15) is 54.9 Å². The van der Waals surface area contributed by atoms with Gasteiger partial charge in [-0.05, 0) is 30.2 Å². The average Bonchev–Trinajstić information content (AvgIpc) is 3.30. The van der Waals surface area contributed by atoms with Gasteiger partial charge in [-0.25, -0.2) is 13.9 Å². The summed E-state index contributed by atoms with van der Waals surface area (Å²) >= 11 is 0. The van der Waals surface area contributed by atoms with Gasteiger partial charge >= 0.3 is 0 Å². The van der Waals surface area contributed by atoms with Crippen LogP contribution in [0.2, 0.25) is 0 Å². The van der Waals surface area contributed by atoms with Crippen LogP contribution in [0.5, 0.6) is 5.75 Å². The lowest BCUT2D eigenvalue weighted by atomic mass is 10.0. The van der Waals surface area contributed by atoms with Crippen molar-refractivity contribution in [3.8, 4) is 5.75 Å². The molecule has 2 N–H and O–H groups in total. The van der Waals surface area contributed by atoms with E-state index in [1.807, 2.05) is 0 Å². The van der Waals surface area contributed by atoms with Gasteiger partial charge in [-0.3, -0.25) is 19.2 Å². The number of fused-ring (bicyclic) bond motifs is 2. The molecule has 10 nitrogen and oxygen atoms in total. The molecule has 0 saturated heterocycles. The van der Waals surface area contributed by atoms with Crippen LogP contribution < -0.4 is 15.4 Å². The van der Waals surface area contributed by atoms with Crippen LogP contribution in [-0.2, 0) is 24.3 Å². The maximum absolute atomic E-state index is 14.4. The van der Waals surface area contributed by atoms with E-state index in [9.17, 15) is 23.6 Å². The zero-order chi connectivity index (χ0) is 26.8. The number of amides is 2. The molecule has 3 heterocycles. The van der Waals surface area contributed by atoms with Crippen molar-refractivity contribution in [2.24, 2.45) is 0 Å². The molecule has 1 aliphatic rings. The van der Waals surface area contributed by atoms with E-state index in [0.29, 0.717) is 16.9 Å². The minimum absolute atomic E-state index is 0.0328. The zero-order valence-corrected chi connectivity index (χ0v) is 20.3. The van der Waals surface area contributed by atoms with Crippen molar-refractivity contribution in [1.82, 2.24) is 25.2 Å². The molecule has 2 aromatic heterocycles. The molecule has 0 saturated carbocycles. The van der Waals surface area contributed by atoms with Gasteiger partial charge in [0.25, 0.3) is 11.8 Å². The number of nitrogens with zero attached hydrogens (tertiary/aromatic N) is 3. The maximum Gasteiger partial charge on any atom is 0.270 e. The first-order valence-corrected chi connectivity index (χ1v) is 11.8. The lowest BCUT2D eigenvalue weighted by molar-refractivity contribution is -0.121. The summed E-state index contributed by atoms with van der Waals surface area (Å²) < 4.78 is 20.8. The maximum atomic E-state index is 14.4. The van der Waals surface area contributed by atoms with Gasteiger partial charge in [0.05, 0.1) is 6.20 Å². The predicted octanol–water partition coefficient (Wildman–Crippen LogP) is 2.44. The smallest absolute Gasteiger partial charge is 0.270 e. The van der Waals surface area contributed by atoms with Gasteiger partial charge in [-0.1, -0.05) is 30.3 Å². The first-order chi connectivity index (χ1) is 18.3. The van der Waals surface area contributed by atoms with Crippen molar-refractivity contribution in [1.29, 1.82) is 0 Å². The van der Waals surface area contributed by atoms with Gasteiger partial charge in [0.15, 0.2) is 23.0 Å². The third kappa shape index (κ3) is 4.99. The summed E-state index contributed by atoms with van der Waals surface area (Å²) in [6.07, 6.45) is 1.16. The number of aromatic nitrogens is 3. The minimum atomic E-state index is -0.796. The monoisotopic (exact) mass is 515 g/mol. The van der Waals surface area contributed by atoms with Crippen LogP contribution in [0.4, 0.5) is 4.39 Å². The Labute approximate surface area is 215 Å². The Bertz CT molecular complexity index is 1610. The second-order valence-corrected chi connectivity index (χ2v) is 8.78. The highest BCUT2D eigenvalue weighted by Crippen LogP contribution is 2.24. The highest BCUT2D eigenvalue weighted by molar-refractivity contribution is 5.99. The van der Waals surface area contributed by atoms with Crippen molar-refractivity contribution in [3.63, 3.8) is 0 Å². The molecule has 4 aromatic rings. The number of carbonyl (C=O) groups is 4. The van der Waals surface area contributed by atoms with Crippen LogP contribution in [0.25, 0.3) is 5.65 Å². The van der Waals surface area contributed by atoms with E-state index in [2.05, 4.69) is 20.7 Å². The number of hydrogen-bond donors (Lipinski definition) is 2. The molecular formula is C27H22FN5O5. The molecule has 0 bridgehead atoms. The SMILES string of the molecule is CC(=O)c1ccccc1CNC(=O)c1cc(C(=O)NCc2ccc3c(c2)CC(=O)CO3)nc2c(F)cnn12. The van der Waals surface area contributed by atoms with Crippen LogP contribution >= 0.6 is 0 Å². The molecule has 1 aliphatic heterocycles. The van der Waals surface area contributed by atoms with Crippen LogP contribution in [0.15, 0.2) is 54.7 Å². The largest absolute Gasteiger partial charge is 0.486 e. The first-order valence-electron chi connectivity index (χ1n) is 11.8. The Morgan fingerprint density at radius 1 is 1.05 bits per heavy atom. The van der Waals surface area contributed by atoms with Crippen molar-refractivity contribution in [2.75, 3.05) is 6.61 Å². The molecule has 11 heteroatoms. The number of rotatable bonds is 7. The van der Waals surface area contributed by atoms with Crippen LogP contribution in [-0.4, -0.2) is 44.6 Å². The highest BCUT2D eigenvalue weighted by atomic mass is 19.1. The van der Waals surface area contributed by atoms with E-state index in [4.69, 9.17) is 4.74 Å². The number of ether oxygens (including phenoxy) is 1. The zero-order valence-electron chi connectivity index (χ0n) is 20.3. The third-order valence-corrected chi connectivity index (χ3v) is 6.08. The number of halogens is 1. The molecule has 2 amide bonds. The van der Waals surface area contributed by atoms with E-state index in [0.717, 1.165) is 21.8 Å². The number of Topliss-reactive ketones (excluding diaryl/α,β-unsaturated/α-hetero) is 2. The molecule has 2 aromatic carbocycles. The fourth-order valence-electron chi connectivity index (χ4n) is 4.21. The lowest BCUT2D eigenvalue weighted by Crippen LogP contribution is -2.29. The number of ketones is 2. The van der Waals surface area contributed by atoms with E-state index in [1.165, 1.54) is 13.0 Å². The molecule has 0 atom stereocenters. The summed E-state index contributed by atoms with van der Waals surface area (Å²) in [5.41, 5.74) is 1.98. The number of nitrogens with one attached hydrogen (secondary N) is 2. The predicted molar refractivity (Wildman–Crippen MR) is 132 cm³/mol. The van der Waals surface area contributed by atoms with Crippen molar-refractivity contribution in [3.05, 3.63) is 94.2 Å². The molecule has 0 aliphatic carbocycles. The summed E-state index contributed by atoms with van der Waals surface area (Å²) in [4.78, 5) is 53.6. The van der Waals surface area contributed by atoms with Gasteiger partial charge in [0.1, 0.15) is 23.7 Å². The van der Waals surface area contributed by atoms with Gasteiger partial charge < -0.3 is 15.4 Å². The van der Waals surface area contributed by atoms with Gasteiger partial charge in [-0.2, -0.15) is 5.10 Å². The van der Waals surface area contributed by atoms with E-state index < -0.39 is 17.6 Å². The van der Waals surface area contributed by atoms with Gasteiger partial charge in [0.2, 0.25) is 0 Å². The highest BCUT2D eigenvalue weighted by Gasteiger charge is 2.21. The summed E-state index contributed by atoms with van der Waals surface area (Å²) in [7, 11) is 0. The Balaban J connectivity index is 1.35. The quantitative estimate of drug-likeness (QED) is 0.362. The number of hydrogen-bond acceptors (Lipinski definition) is 7.